The fourth-order valence-corrected chi connectivity index (χ4v) is 10.9. The van der Waals surface area contributed by atoms with E-state index < -0.39 is 66.4 Å². The number of ether oxygens (including phenoxy) is 5. The van der Waals surface area contributed by atoms with Gasteiger partial charge in [0, 0.05) is 84.4 Å². The third kappa shape index (κ3) is 22.5. The van der Waals surface area contributed by atoms with Gasteiger partial charge in [0.2, 0.25) is 5.78 Å². The number of methoxy groups -OCH3 is 2. The molecule has 1 aromatic rings. The molecule has 0 radical (unpaired) electrons. The van der Waals surface area contributed by atoms with Gasteiger partial charge in [-0.25, -0.2) is 9.59 Å². The van der Waals surface area contributed by atoms with E-state index in [-0.39, 0.29) is 96.1 Å². The maximum absolute atomic E-state index is 13.6. The summed E-state index contributed by atoms with van der Waals surface area (Å²) in [6.45, 7) is 27.1. The van der Waals surface area contributed by atoms with Crippen molar-refractivity contribution >= 4 is 74.6 Å². The van der Waals surface area contributed by atoms with Gasteiger partial charge in [0.25, 0.3) is 17.7 Å². The largest absolute Gasteiger partial charge is 0.505 e. The zero-order chi connectivity index (χ0) is 67.9. The van der Waals surface area contributed by atoms with E-state index in [0.717, 1.165) is 0 Å². The molecule has 4 aliphatic rings. The number of ketones is 3. The summed E-state index contributed by atoms with van der Waals surface area (Å²) < 4.78 is 28.0. The molecule has 0 fully saturated rings. The van der Waals surface area contributed by atoms with E-state index in [2.05, 4.69) is 39.7 Å². The van der Waals surface area contributed by atoms with E-state index >= 15 is 0 Å². The summed E-state index contributed by atoms with van der Waals surface area (Å²) in [7, 11) is 3.04. The molecule has 22 heteroatoms. The third-order valence-corrected chi connectivity index (χ3v) is 16.5. The molecule has 0 spiro atoms. The highest BCUT2D eigenvalue weighted by molar-refractivity contribution is 9.09. The van der Waals surface area contributed by atoms with Gasteiger partial charge in [-0.1, -0.05) is 118 Å². The van der Waals surface area contributed by atoms with Crippen molar-refractivity contribution < 1.29 is 77.4 Å². The van der Waals surface area contributed by atoms with E-state index in [4.69, 9.17) is 35.2 Å². The van der Waals surface area contributed by atoms with E-state index in [1.54, 1.807) is 76.3 Å². The van der Waals surface area contributed by atoms with Crippen LogP contribution in [0.15, 0.2) is 125 Å². The summed E-state index contributed by atoms with van der Waals surface area (Å²) in [6.07, 6.45) is 14.2. The van der Waals surface area contributed by atoms with Gasteiger partial charge in [-0.15, -0.1) is 13.2 Å². The molecule has 1 aromatic carbocycles. The number of phenolic OH excluding ortho intramolecular Hbond substituents is 1. The van der Waals surface area contributed by atoms with Gasteiger partial charge >= 0.3 is 12.2 Å². The first-order valence-electron chi connectivity index (χ1n) is 30.0. The Morgan fingerprint density at radius 2 is 1.23 bits per heavy atom. The van der Waals surface area contributed by atoms with Gasteiger partial charge in [0.15, 0.2) is 12.4 Å². The number of aliphatic hydroxyl groups is 2. The molecule has 0 saturated heterocycles. The Hall–Kier alpha value is -7.50. The van der Waals surface area contributed by atoms with Crippen LogP contribution in [-0.2, 0) is 54.1 Å². The van der Waals surface area contributed by atoms with Crippen molar-refractivity contribution in [1.82, 2.24) is 5.32 Å². The number of primary amides is 2. The Balaban J connectivity index is 0.000000438. The summed E-state index contributed by atoms with van der Waals surface area (Å²) >= 11 is 2.96. The number of nitrogens with two attached hydrogens (primary N) is 2. The van der Waals surface area contributed by atoms with Crippen LogP contribution in [0.1, 0.15) is 114 Å². The second kappa shape index (κ2) is 37.0. The topological polar surface area (TPSA) is 323 Å². The van der Waals surface area contributed by atoms with Crippen molar-refractivity contribution in [1.29, 1.82) is 0 Å². The third-order valence-electron chi connectivity index (χ3n) is 15.8. The zero-order valence-electron chi connectivity index (χ0n) is 54.3. The number of nitrogens with one attached hydrogen (secondary N) is 2. The van der Waals surface area contributed by atoms with Crippen LogP contribution in [-0.4, -0.2) is 132 Å². The van der Waals surface area contributed by atoms with Crippen LogP contribution in [0.2, 0.25) is 0 Å². The second-order valence-corrected chi connectivity index (χ2v) is 24.1. The highest BCUT2D eigenvalue weighted by atomic mass is 79.9. The van der Waals surface area contributed by atoms with Crippen molar-refractivity contribution in [2.75, 3.05) is 42.9 Å². The number of nitrogens with zero attached hydrogens (tertiary/aromatic N) is 1. The normalized spacial score (nSPS) is 29.8. The molecular formula is C68H94BrN5O16. The molecule has 9 N–H and O–H groups in total. The second-order valence-electron chi connectivity index (χ2n) is 23.5. The molecule has 0 unspecified atom stereocenters. The van der Waals surface area contributed by atoms with Gasteiger partial charge < -0.3 is 66.0 Å². The number of anilines is 2. The number of aliphatic hydroxyl groups excluding tert-OH is 2. The number of carbonyl (C=O) groups excluding carboxylic acids is 8. The Labute approximate surface area is 538 Å². The molecule has 90 heavy (non-hydrogen) atoms. The van der Waals surface area contributed by atoms with Crippen molar-refractivity contribution in [3.05, 3.63) is 131 Å². The van der Waals surface area contributed by atoms with Crippen molar-refractivity contribution in [2.45, 2.75) is 151 Å². The standard InChI is InChI=1S/C33H45N3O8.C32H44N2O7.C3H5BrO/c1-8-12-36-27(37)17-43-25-16-24-30(39)23(28(25)36)13-18(2)14-26(42-7)29(38)21(5)15-22(6)31(44-33(34)41)19(3)10-9-11-20(4)32(40)35-24;1-8-9-13-23-24-14-18(2)15-27(40-7)28(36)21(5)16-22(6)30(41-32(33)39)19(3)11-10-12-20(4)31(38)34-25(29(24)37)17-26(23)35;1-3(5)2-4/h8-11,15-16,18-19,21,26,29,31,38-39H,1,12-14,17H2,2-7H3,(H2,34,41)(H,35,40);8,10-12,16-19,21,27-28,30,36H,1,9,13-15H2,2-7H3,(H2,33,39)(H,34,38);2H2,1H3/b10-9-,20-11+,22-15+;11-10-,20-12+,22-16+;/t18-,19+,21+,26+,29-,31-;18-,19+,21+,27+,28-,30-;/m11./s1. The van der Waals surface area contributed by atoms with Crippen LogP contribution in [0.4, 0.5) is 21.0 Å². The molecule has 4 bridgehead atoms. The molecular weight excluding hydrogens is 1220 g/mol. The molecule has 0 aromatic heterocycles. The highest BCUT2D eigenvalue weighted by Crippen LogP contribution is 2.47. The quantitative estimate of drug-likeness (QED) is 0.0496. The van der Waals surface area contributed by atoms with Gasteiger partial charge in [-0.2, -0.15) is 0 Å². The maximum atomic E-state index is 13.6. The number of carbonyl (C=O) groups is 8. The first-order chi connectivity index (χ1) is 42.3. The lowest BCUT2D eigenvalue weighted by Gasteiger charge is -2.33. The molecule has 5 rings (SSSR count). The number of Topliss-reactive ketones (excluding diaryl/α,β-unsaturated/α-hetero) is 2. The van der Waals surface area contributed by atoms with E-state index in [0.29, 0.717) is 81.5 Å². The SMILES string of the molecule is C=CCCC1=C2C[C@@H](C)C[C@H](OC)[C@H](O)[C@@H](C)/C=C(\C)[C@H](OC(N)=O)[C@@H](C)/C=C\C=C(/C)C(=O)NC(=CC1=O)C2=O.C=CCN1C(=O)COc2cc3c(O)c(c21)C[C@@H](C)C[C@H](OC)[C@H](O)[C@@H](C)/C=C(\C)[C@H](OC(N)=O)[C@@H](C)/C=C\C=C(/C)C(=O)N3.CC(=O)CBr. The molecule has 3 aliphatic heterocycles. The number of hydrogen-bond acceptors (Lipinski definition) is 16. The monoisotopic (exact) mass is 1320 g/mol. The van der Waals surface area contributed by atoms with Crippen LogP contribution >= 0.6 is 15.9 Å². The van der Waals surface area contributed by atoms with E-state index in [1.807, 2.05) is 53.7 Å². The van der Waals surface area contributed by atoms with Gasteiger partial charge in [-0.3, -0.25) is 28.8 Å². The van der Waals surface area contributed by atoms with Crippen molar-refractivity contribution in [3.8, 4) is 11.5 Å². The number of fused-ring (bicyclic) bond motifs is 6. The summed E-state index contributed by atoms with van der Waals surface area (Å²) in [5, 5.41) is 39.9. The predicted molar refractivity (Wildman–Crippen MR) is 350 cm³/mol. The number of aromatic hydroxyl groups is 1. The van der Waals surface area contributed by atoms with E-state index in [1.165, 1.54) is 38.2 Å². The maximum Gasteiger partial charge on any atom is 0.405 e. The zero-order valence-corrected chi connectivity index (χ0v) is 55.8. The number of benzene rings is 1. The summed E-state index contributed by atoms with van der Waals surface area (Å²) in [4.78, 5) is 100. The van der Waals surface area contributed by atoms with Crippen molar-refractivity contribution in [2.24, 2.45) is 47.0 Å². The fraction of sp³-hybridized carbons (Fsp3) is 0.500. The number of amides is 5. The van der Waals surface area contributed by atoms with Crippen molar-refractivity contribution in [3.63, 3.8) is 0 Å². The van der Waals surface area contributed by atoms with Gasteiger partial charge in [0.05, 0.1) is 46.8 Å². The van der Waals surface area contributed by atoms with Crippen LogP contribution in [0.25, 0.3) is 0 Å². The average molecular weight is 1320 g/mol. The lowest BCUT2D eigenvalue weighted by Crippen LogP contribution is -2.40. The predicted octanol–water partition coefficient (Wildman–Crippen LogP) is 9.75. The molecule has 5 amide bonds. The molecule has 3 heterocycles. The first kappa shape index (κ1) is 76.7. The molecule has 12 atom stereocenters. The number of hydrogen-bond donors (Lipinski definition) is 7. The lowest BCUT2D eigenvalue weighted by atomic mass is 9.82. The number of alkyl halides is 1. The van der Waals surface area contributed by atoms with Crippen LogP contribution in [0, 0.1) is 35.5 Å². The Bertz CT molecular complexity index is 3060. The summed E-state index contributed by atoms with van der Waals surface area (Å²) in [6, 6.07) is 1.51. The number of halogens is 1. The Kier molecular flexibility index (Phi) is 31.5. The van der Waals surface area contributed by atoms with Crippen LogP contribution in [0.5, 0.6) is 11.5 Å². The highest BCUT2D eigenvalue weighted by Gasteiger charge is 2.36. The van der Waals surface area contributed by atoms with Crippen LogP contribution in [0.3, 0.4) is 0 Å². The summed E-state index contributed by atoms with van der Waals surface area (Å²) in [5.74, 6) is -3.34. The number of allylic oxidation sites excluding steroid dienone is 8. The minimum Gasteiger partial charge on any atom is -0.505 e. The molecule has 0 saturated carbocycles. The minimum atomic E-state index is -0.926. The lowest BCUT2D eigenvalue weighted by molar-refractivity contribution is -0.121. The van der Waals surface area contributed by atoms with Gasteiger partial charge in [-0.05, 0) is 96.1 Å². The molecule has 1 aliphatic carbocycles. The van der Waals surface area contributed by atoms with E-state index in [9.17, 15) is 53.7 Å². The Morgan fingerprint density at radius 1 is 0.756 bits per heavy atom. The Morgan fingerprint density at radius 3 is 1.68 bits per heavy atom. The van der Waals surface area contributed by atoms with Crippen LogP contribution < -0.4 is 31.7 Å². The first-order valence-corrected chi connectivity index (χ1v) is 31.1. The van der Waals surface area contributed by atoms with Gasteiger partial charge in [0.1, 0.15) is 29.5 Å². The molecule has 21 nitrogen and oxygen atoms in total. The number of rotatable bonds is 10. The average Bonchev–Trinajstić information content (AvgIpc) is 0.838. The smallest absolute Gasteiger partial charge is 0.405 e. The minimum absolute atomic E-state index is 0.0701. The summed E-state index contributed by atoms with van der Waals surface area (Å²) in [5.41, 5.74) is 14.5. The molecule has 494 valence electrons. The number of phenols is 1. The fourth-order valence-electron chi connectivity index (χ4n) is 10.9.